The summed E-state index contributed by atoms with van der Waals surface area (Å²) in [6.07, 6.45) is 2.77. The van der Waals surface area contributed by atoms with Gasteiger partial charge in [-0.1, -0.05) is 0 Å². The van der Waals surface area contributed by atoms with Crippen LogP contribution in [0.4, 0.5) is 0 Å². The number of nitrogens with zero attached hydrogens (tertiary/aromatic N) is 1. The molecular formula is C15H19NO2Se. The summed E-state index contributed by atoms with van der Waals surface area (Å²) in [4.78, 5) is 14.6. The van der Waals surface area contributed by atoms with Gasteiger partial charge in [0.1, 0.15) is 0 Å². The Bertz CT molecular complexity index is 451. The van der Waals surface area contributed by atoms with Crippen molar-refractivity contribution >= 4 is 25.3 Å². The fourth-order valence-electron chi connectivity index (χ4n) is 3.21. The molecule has 1 N–H and O–H groups in total. The third kappa shape index (κ3) is 2.58. The minimum absolute atomic E-state index is 0.148. The molecule has 0 unspecified atom stereocenters. The average Bonchev–Trinajstić information content (AvgIpc) is 2.93. The van der Waals surface area contributed by atoms with E-state index in [1.54, 1.807) is 0 Å². The number of rotatable bonds is 3. The first-order valence-electron chi connectivity index (χ1n) is 6.91. The van der Waals surface area contributed by atoms with Crippen LogP contribution in [0.5, 0.6) is 0 Å². The van der Waals surface area contributed by atoms with Gasteiger partial charge in [0.15, 0.2) is 0 Å². The van der Waals surface area contributed by atoms with E-state index < -0.39 is 0 Å². The first-order chi connectivity index (χ1) is 9.29. The molecule has 1 aromatic rings. The molecule has 2 aliphatic heterocycles. The third-order valence-corrected chi connectivity index (χ3v) is 7.33. The number of aliphatic hydroxyl groups is 1. The summed E-state index contributed by atoms with van der Waals surface area (Å²) in [6, 6.07) is 10.9. The number of fused-ring (bicyclic) bond motifs is 1. The Kier molecular flexibility index (Phi) is 3.92. The molecule has 0 aromatic heterocycles. The number of benzene rings is 1. The molecule has 0 aliphatic carbocycles. The fourth-order valence-corrected chi connectivity index (χ4v) is 6.24. The Labute approximate surface area is 120 Å². The van der Waals surface area contributed by atoms with Crippen molar-refractivity contribution in [2.75, 3.05) is 13.2 Å². The predicted molar refractivity (Wildman–Crippen MR) is 75.5 cm³/mol. The molecule has 1 aromatic carbocycles. The zero-order valence-corrected chi connectivity index (χ0v) is 12.6. The monoisotopic (exact) mass is 325 g/mol. The summed E-state index contributed by atoms with van der Waals surface area (Å²) in [6.45, 7) is 1.07. The SMILES string of the molecule is O=C1C[C@H](CO)[C@@H]([Se]c2ccccc2)[C@@H]2CCCN12. The van der Waals surface area contributed by atoms with Gasteiger partial charge in [-0.25, -0.2) is 0 Å². The topological polar surface area (TPSA) is 40.5 Å². The van der Waals surface area contributed by atoms with Crippen molar-refractivity contribution in [2.45, 2.75) is 30.1 Å². The summed E-state index contributed by atoms with van der Waals surface area (Å²) < 4.78 is 1.37. The van der Waals surface area contributed by atoms with Crippen molar-refractivity contribution in [2.24, 2.45) is 5.92 Å². The van der Waals surface area contributed by atoms with Gasteiger partial charge in [-0.05, 0) is 0 Å². The number of amides is 1. The van der Waals surface area contributed by atoms with E-state index in [9.17, 15) is 9.90 Å². The Hall–Kier alpha value is -0.831. The number of piperidine rings is 1. The van der Waals surface area contributed by atoms with Crippen LogP contribution in [0.2, 0.25) is 4.82 Å². The standard InChI is InChI=1S/C15H19NO2Se/c17-10-11-9-14(18)16-8-4-7-13(16)15(11)19-12-5-2-1-3-6-12/h1-3,5-6,11,13,15,17H,4,7-10H2/t11-,13+,15-/m1/s1. The molecule has 2 heterocycles. The molecule has 0 saturated carbocycles. The first kappa shape index (κ1) is 13.2. The average molecular weight is 324 g/mol. The van der Waals surface area contributed by atoms with Crippen LogP contribution in [-0.2, 0) is 4.79 Å². The first-order valence-corrected chi connectivity index (χ1v) is 8.76. The molecule has 2 saturated heterocycles. The zero-order chi connectivity index (χ0) is 13.2. The molecular weight excluding hydrogens is 305 g/mol. The summed E-state index contributed by atoms with van der Waals surface area (Å²) in [5, 5.41) is 9.62. The molecule has 4 heteroatoms. The second-order valence-corrected chi connectivity index (χ2v) is 7.96. The van der Waals surface area contributed by atoms with Crippen molar-refractivity contribution in [3.63, 3.8) is 0 Å². The normalized spacial score (nSPS) is 30.5. The quantitative estimate of drug-likeness (QED) is 0.836. The van der Waals surface area contributed by atoms with Gasteiger partial charge < -0.3 is 0 Å². The van der Waals surface area contributed by atoms with Crippen LogP contribution in [0.15, 0.2) is 30.3 Å². The van der Waals surface area contributed by atoms with Crippen molar-refractivity contribution in [3.8, 4) is 0 Å². The van der Waals surface area contributed by atoms with Crippen LogP contribution in [-0.4, -0.2) is 50.1 Å². The second-order valence-electron chi connectivity index (χ2n) is 5.34. The fraction of sp³-hybridized carbons (Fsp3) is 0.533. The number of aliphatic hydroxyl groups excluding tert-OH is 1. The van der Waals surface area contributed by atoms with Gasteiger partial charge in [0.05, 0.1) is 0 Å². The van der Waals surface area contributed by atoms with Gasteiger partial charge >= 0.3 is 120 Å². The van der Waals surface area contributed by atoms with E-state index >= 15 is 0 Å². The zero-order valence-electron chi connectivity index (χ0n) is 10.9. The van der Waals surface area contributed by atoms with Gasteiger partial charge in [0.2, 0.25) is 0 Å². The molecule has 0 spiro atoms. The summed E-state index contributed by atoms with van der Waals surface area (Å²) in [5.41, 5.74) is 0. The molecule has 102 valence electrons. The molecule has 1 amide bonds. The Balaban J connectivity index is 1.82. The molecule has 3 rings (SSSR count). The van der Waals surface area contributed by atoms with Crippen molar-refractivity contribution in [1.82, 2.24) is 4.90 Å². The summed E-state index contributed by atoms with van der Waals surface area (Å²) in [7, 11) is 0. The van der Waals surface area contributed by atoms with E-state index in [0.717, 1.165) is 19.4 Å². The number of hydrogen-bond acceptors (Lipinski definition) is 2. The summed E-state index contributed by atoms with van der Waals surface area (Å²) in [5.74, 6) is 0.411. The van der Waals surface area contributed by atoms with E-state index in [0.29, 0.717) is 32.2 Å². The van der Waals surface area contributed by atoms with Gasteiger partial charge in [-0.15, -0.1) is 0 Å². The molecule has 2 fully saturated rings. The number of carbonyl (C=O) groups excluding carboxylic acids is 1. The van der Waals surface area contributed by atoms with Crippen LogP contribution in [0.1, 0.15) is 19.3 Å². The van der Waals surface area contributed by atoms with Crippen molar-refractivity contribution < 1.29 is 9.90 Å². The number of hydrogen-bond donors (Lipinski definition) is 1. The molecule has 0 radical (unpaired) electrons. The third-order valence-electron chi connectivity index (χ3n) is 4.15. The Morgan fingerprint density at radius 1 is 1.32 bits per heavy atom. The van der Waals surface area contributed by atoms with Crippen LogP contribution in [0.25, 0.3) is 0 Å². The van der Waals surface area contributed by atoms with Crippen LogP contribution < -0.4 is 4.46 Å². The molecule has 19 heavy (non-hydrogen) atoms. The molecule has 3 atom stereocenters. The van der Waals surface area contributed by atoms with Gasteiger partial charge in [0.25, 0.3) is 0 Å². The molecule has 3 nitrogen and oxygen atoms in total. The minimum atomic E-state index is 0.148. The molecule has 2 aliphatic rings. The van der Waals surface area contributed by atoms with Crippen molar-refractivity contribution in [1.29, 1.82) is 0 Å². The van der Waals surface area contributed by atoms with E-state index in [1.807, 2.05) is 6.07 Å². The summed E-state index contributed by atoms with van der Waals surface area (Å²) >= 11 is 0.336. The number of carbonyl (C=O) groups is 1. The van der Waals surface area contributed by atoms with Gasteiger partial charge in [-0.3, -0.25) is 0 Å². The van der Waals surface area contributed by atoms with E-state index in [2.05, 4.69) is 29.2 Å². The maximum absolute atomic E-state index is 12.1. The van der Waals surface area contributed by atoms with E-state index in [1.165, 1.54) is 4.46 Å². The second kappa shape index (κ2) is 5.66. The van der Waals surface area contributed by atoms with Gasteiger partial charge in [-0.2, -0.15) is 0 Å². The van der Waals surface area contributed by atoms with Crippen LogP contribution in [0.3, 0.4) is 0 Å². The van der Waals surface area contributed by atoms with Crippen LogP contribution in [0, 0.1) is 5.92 Å². The molecule has 0 bridgehead atoms. The van der Waals surface area contributed by atoms with E-state index in [4.69, 9.17) is 0 Å². The Morgan fingerprint density at radius 2 is 2.11 bits per heavy atom. The Morgan fingerprint density at radius 3 is 2.84 bits per heavy atom. The maximum atomic E-state index is 12.1. The van der Waals surface area contributed by atoms with E-state index in [-0.39, 0.29) is 18.4 Å². The van der Waals surface area contributed by atoms with Gasteiger partial charge in [0, 0.05) is 0 Å². The van der Waals surface area contributed by atoms with Crippen LogP contribution >= 0.6 is 0 Å². The van der Waals surface area contributed by atoms with Crippen molar-refractivity contribution in [3.05, 3.63) is 30.3 Å². The predicted octanol–water partition coefficient (Wildman–Crippen LogP) is 0.808.